The summed E-state index contributed by atoms with van der Waals surface area (Å²) >= 11 is 0. The van der Waals surface area contributed by atoms with Gasteiger partial charge >= 0.3 is 0 Å². The number of aromatic nitrogens is 2. The highest BCUT2D eigenvalue weighted by atomic mass is 16.3. The number of aliphatic hydroxyl groups is 1. The van der Waals surface area contributed by atoms with Gasteiger partial charge < -0.3 is 15.3 Å². The van der Waals surface area contributed by atoms with Crippen molar-refractivity contribution in [2.24, 2.45) is 5.92 Å². The predicted molar refractivity (Wildman–Crippen MR) is 124 cm³/mol. The summed E-state index contributed by atoms with van der Waals surface area (Å²) in [4.78, 5) is 25.8. The average molecular weight is 438 g/mol. The number of rotatable bonds is 7. The van der Waals surface area contributed by atoms with Gasteiger partial charge in [-0.1, -0.05) is 24.3 Å². The van der Waals surface area contributed by atoms with Gasteiger partial charge in [-0.25, -0.2) is 9.97 Å². The lowest BCUT2D eigenvalue weighted by Crippen LogP contribution is -2.49. The Kier molecular flexibility index (Phi) is 7.18. The van der Waals surface area contributed by atoms with E-state index >= 15 is 0 Å². The topological polar surface area (TPSA) is 81.6 Å². The first-order valence-corrected chi connectivity index (χ1v) is 11.7. The van der Waals surface area contributed by atoms with Crippen LogP contribution in [0.2, 0.25) is 0 Å². The first-order chi connectivity index (χ1) is 15.4. The van der Waals surface area contributed by atoms with Crippen LogP contribution in [0.1, 0.15) is 47.1 Å². The van der Waals surface area contributed by atoms with Gasteiger partial charge in [0.05, 0.1) is 5.60 Å². The number of carbonyl (C=O) groups is 1. The number of carbonyl (C=O) groups excluding carboxylic acids is 1. The van der Waals surface area contributed by atoms with E-state index in [1.54, 1.807) is 13.0 Å². The summed E-state index contributed by atoms with van der Waals surface area (Å²) in [6, 6.07) is 10.3. The van der Waals surface area contributed by atoms with E-state index in [0.29, 0.717) is 18.2 Å². The van der Waals surface area contributed by atoms with Crippen molar-refractivity contribution in [3.05, 3.63) is 59.2 Å². The van der Waals surface area contributed by atoms with Crippen LogP contribution >= 0.6 is 0 Å². The molecule has 0 radical (unpaired) electrons. The number of hydrogen-bond donors (Lipinski definition) is 2. The summed E-state index contributed by atoms with van der Waals surface area (Å²) in [7, 11) is 2.16. The summed E-state index contributed by atoms with van der Waals surface area (Å²) in [6.45, 7) is 6.42. The van der Waals surface area contributed by atoms with Crippen LogP contribution in [0.15, 0.2) is 36.7 Å². The average Bonchev–Trinajstić information content (AvgIpc) is 2.79. The second-order valence-electron chi connectivity index (χ2n) is 9.75. The maximum atomic E-state index is 12.7. The second-order valence-corrected chi connectivity index (χ2v) is 9.75. The van der Waals surface area contributed by atoms with Crippen LogP contribution in [0.25, 0.3) is 0 Å². The zero-order chi connectivity index (χ0) is 22.6. The second kappa shape index (κ2) is 10.1. The molecular formula is C25H35N5O2. The van der Waals surface area contributed by atoms with E-state index in [1.807, 2.05) is 0 Å². The molecule has 1 saturated heterocycles. The molecule has 2 aliphatic heterocycles. The number of piperidine rings is 1. The summed E-state index contributed by atoms with van der Waals surface area (Å²) < 4.78 is 0. The number of fused-ring (bicyclic) bond motifs is 1. The third-order valence-electron chi connectivity index (χ3n) is 6.70. The van der Waals surface area contributed by atoms with Gasteiger partial charge in [-0.15, -0.1) is 0 Å². The molecule has 2 aromatic rings. The summed E-state index contributed by atoms with van der Waals surface area (Å²) in [5, 5.41) is 13.8. The zero-order valence-corrected chi connectivity index (χ0v) is 19.3. The minimum absolute atomic E-state index is 0.179. The van der Waals surface area contributed by atoms with E-state index in [1.165, 1.54) is 17.5 Å². The summed E-state index contributed by atoms with van der Waals surface area (Å²) in [6.07, 6.45) is 5.66. The van der Waals surface area contributed by atoms with E-state index < -0.39 is 5.60 Å². The Morgan fingerprint density at radius 1 is 1.19 bits per heavy atom. The quantitative estimate of drug-likeness (QED) is 0.689. The van der Waals surface area contributed by atoms with Crippen molar-refractivity contribution >= 4 is 5.91 Å². The lowest BCUT2D eigenvalue weighted by Gasteiger charge is -2.34. The van der Waals surface area contributed by atoms with Crippen LogP contribution in [0.5, 0.6) is 0 Å². The highest BCUT2D eigenvalue weighted by molar-refractivity contribution is 5.92. The van der Waals surface area contributed by atoms with E-state index in [2.05, 4.69) is 56.4 Å². The maximum absolute atomic E-state index is 12.7. The normalized spacial score (nSPS) is 19.8. The summed E-state index contributed by atoms with van der Waals surface area (Å²) in [5.41, 5.74) is 2.96. The zero-order valence-electron chi connectivity index (χ0n) is 19.3. The van der Waals surface area contributed by atoms with E-state index in [4.69, 9.17) is 0 Å². The van der Waals surface area contributed by atoms with Gasteiger partial charge in [-0.2, -0.15) is 0 Å². The van der Waals surface area contributed by atoms with Gasteiger partial charge in [0.2, 0.25) is 0 Å². The van der Waals surface area contributed by atoms with Gasteiger partial charge in [0.15, 0.2) is 0 Å². The van der Waals surface area contributed by atoms with Crippen molar-refractivity contribution < 1.29 is 9.90 Å². The molecule has 4 rings (SSSR count). The minimum atomic E-state index is -1.02. The molecule has 32 heavy (non-hydrogen) atoms. The van der Waals surface area contributed by atoms with E-state index in [0.717, 1.165) is 57.6 Å². The fourth-order valence-corrected chi connectivity index (χ4v) is 4.78. The predicted octanol–water partition coefficient (Wildman–Crippen LogP) is 1.90. The van der Waals surface area contributed by atoms with Crippen molar-refractivity contribution in [3.63, 3.8) is 0 Å². The number of amides is 1. The molecule has 1 fully saturated rings. The Bertz CT molecular complexity index is 924. The molecule has 7 heteroatoms. The Hall–Kier alpha value is -2.35. The van der Waals surface area contributed by atoms with Crippen LogP contribution in [-0.4, -0.2) is 76.2 Å². The molecular weight excluding hydrogens is 402 g/mol. The Balaban J connectivity index is 1.28. The molecule has 1 atom stereocenters. The van der Waals surface area contributed by atoms with Crippen molar-refractivity contribution in [2.45, 2.75) is 44.8 Å². The molecule has 2 N–H and O–H groups in total. The van der Waals surface area contributed by atoms with Crippen LogP contribution in [0.4, 0.5) is 0 Å². The highest BCUT2D eigenvalue weighted by Crippen LogP contribution is 2.21. The number of likely N-dealkylation sites (tertiary alicyclic amines) is 1. The largest absolute Gasteiger partial charge is 0.387 e. The third-order valence-corrected chi connectivity index (χ3v) is 6.70. The number of benzene rings is 1. The van der Waals surface area contributed by atoms with Gasteiger partial charge in [-0.05, 0) is 75.9 Å². The van der Waals surface area contributed by atoms with Crippen LogP contribution in [-0.2, 0) is 19.4 Å². The molecule has 7 nitrogen and oxygen atoms in total. The molecule has 1 aromatic carbocycles. The van der Waals surface area contributed by atoms with Crippen molar-refractivity contribution in [3.8, 4) is 0 Å². The molecule has 1 amide bonds. The smallest absolute Gasteiger partial charge is 0.270 e. The fraction of sp³-hybridized carbons (Fsp3) is 0.560. The third kappa shape index (κ3) is 6.12. The molecule has 172 valence electrons. The Labute approximate surface area is 190 Å². The van der Waals surface area contributed by atoms with Crippen LogP contribution < -0.4 is 5.32 Å². The van der Waals surface area contributed by atoms with Crippen molar-refractivity contribution in [1.82, 2.24) is 25.1 Å². The first kappa shape index (κ1) is 22.8. The lowest BCUT2D eigenvalue weighted by molar-refractivity contribution is 0.0159. The monoisotopic (exact) mass is 437 g/mol. The molecule has 1 unspecified atom stereocenters. The summed E-state index contributed by atoms with van der Waals surface area (Å²) in [5.74, 6) is 0.341. The number of nitrogens with one attached hydrogen (secondary N) is 1. The van der Waals surface area contributed by atoms with Gasteiger partial charge in [0.1, 0.15) is 12.0 Å². The molecule has 0 aliphatic carbocycles. The Morgan fingerprint density at radius 2 is 1.94 bits per heavy atom. The highest BCUT2D eigenvalue weighted by Gasteiger charge is 2.27. The molecule has 2 aliphatic rings. The standard InChI is InChI=1S/C25H35N5O2/c1-25(32,17-30-12-9-20-5-3-4-6-21(20)15-30)16-26-24(31)23-14-22(27-18-28-23)13-19-7-10-29(2)11-8-19/h3-6,14,18-19,32H,7-13,15-17H2,1-2H3,(H,26,31). The van der Waals surface area contributed by atoms with Gasteiger partial charge in [0, 0.05) is 31.9 Å². The van der Waals surface area contributed by atoms with Gasteiger partial charge in [0.25, 0.3) is 5.91 Å². The number of nitrogens with zero attached hydrogens (tertiary/aromatic N) is 4. The molecule has 0 saturated carbocycles. The fourth-order valence-electron chi connectivity index (χ4n) is 4.78. The SMILES string of the molecule is CN1CCC(Cc2cc(C(=O)NCC(C)(O)CN3CCc4ccccc4C3)ncn2)CC1. The van der Waals surface area contributed by atoms with Gasteiger partial charge in [-0.3, -0.25) is 9.69 Å². The maximum Gasteiger partial charge on any atom is 0.270 e. The van der Waals surface area contributed by atoms with Crippen LogP contribution in [0.3, 0.4) is 0 Å². The molecule has 1 aromatic heterocycles. The first-order valence-electron chi connectivity index (χ1n) is 11.7. The van der Waals surface area contributed by atoms with Crippen molar-refractivity contribution in [1.29, 1.82) is 0 Å². The molecule has 0 spiro atoms. The van der Waals surface area contributed by atoms with E-state index in [9.17, 15) is 9.90 Å². The number of hydrogen-bond acceptors (Lipinski definition) is 6. The van der Waals surface area contributed by atoms with Crippen molar-refractivity contribution in [2.75, 3.05) is 39.8 Å². The number of β-amino-alcohol motifs (C(OH)–C–C–N with tert-alkyl or cyclic N) is 1. The lowest BCUT2D eigenvalue weighted by atomic mass is 9.92. The molecule has 0 bridgehead atoms. The van der Waals surface area contributed by atoms with E-state index in [-0.39, 0.29) is 12.5 Å². The molecule has 3 heterocycles. The van der Waals surface area contributed by atoms with Crippen LogP contribution in [0, 0.1) is 5.92 Å². The minimum Gasteiger partial charge on any atom is -0.387 e. The Morgan fingerprint density at radius 3 is 2.72 bits per heavy atom.